The van der Waals surface area contributed by atoms with Gasteiger partial charge >= 0.3 is 0 Å². The van der Waals surface area contributed by atoms with Gasteiger partial charge in [0.25, 0.3) is 0 Å². The first kappa shape index (κ1) is 60.2. The minimum absolute atomic E-state index is 0.0397. The summed E-state index contributed by atoms with van der Waals surface area (Å²) in [6, 6.07) is 17.9. The van der Waals surface area contributed by atoms with Crippen molar-refractivity contribution in [3.8, 4) is 0 Å². The van der Waals surface area contributed by atoms with Gasteiger partial charge in [0.05, 0.1) is 18.5 Å². The molecular weight excluding hydrogens is 1080 g/mol. The number of hydrogen-bond acceptors (Lipinski definition) is 14. The molecule has 26 heteroatoms. The minimum Gasteiger partial charge on any atom is -0.391 e. The number of fused-ring (bicyclic) bond motifs is 2. The Labute approximate surface area is 474 Å². The van der Waals surface area contributed by atoms with Crippen molar-refractivity contribution in [3.05, 3.63) is 138 Å². The van der Waals surface area contributed by atoms with Gasteiger partial charge in [0.1, 0.15) is 42.3 Å². The highest BCUT2D eigenvalue weighted by atomic mass is 33.1. The topological polar surface area (TPSA) is 402 Å². The number of aromatic nitrogens is 3. The summed E-state index contributed by atoms with van der Waals surface area (Å²) >= 11 is 0. The molecule has 0 bridgehead atoms. The number of aromatic amines is 2. The van der Waals surface area contributed by atoms with Crippen LogP contribution < -0.4 is 60.2 Å². The number of aliphatic hydroxyl groups excluding tert-OH is 1. The number of guanidine groups is 1. The van der Waals surface area contributed by atoms with Crippen molar-refractivity contribution in [2.45, 2.75) is 99.9 Å². The summed E-state index contributed by atoms with van der Waals surface area (Å²) in [5.41, 5.74) is 26.4. The maximum absolute atomic E-state index is 15.1. The van der Waals surface area contributed by atoms with Gasteiger partial charge in [-0.1, -0.05) is 113 Å². The molecule has 24 nitrogen and oxygen atoms in total. The monoisotopic (exact) mass is 1150 g/mol. The van der Waals surface area contributed by atoms with Gasteiger partial charge in [-0.15, -0.1) is 0 Å². The highest BCUT2D eigenvalue weighted by Gasteiger charge is 2.36. The van der Waals surface area contributed by atoms with Crippen molar-refractivity contribution < 1.29 is 43.5 Å². The molecule has 1 aliphatic rings. The van der Waals surface area contributed by atoms with E-state index in [1.807, 2.05) is 54.6 Å². The highest BCUT2D eigenvalue weighted by Crippen LogP contribution is 2.25. The van der Waals surface area contributed by atoms with Gasteiger partial charge in [0.15, 0.2) is 5.96 Å². The molecule has 3 heterocycles. The number of aliphatic hydroxyl groups is 1. The van der Waals surface area contributed by atoms with Crippen LogP contribution in [0.25, 0.3) is 21.7 Å². The summed E-state index contributed by atoms with van der Waals surface area (Å²) in [6.45, 7) is 1.28. The minimum atomic E-state index is -1.59. The number of amides is 8. The van der Waals surface area contributed by atoms with Gasteiger partial charge < -0.3 is 75.2 Å². The summed E-state index contributed by atoms with van der Waals surface area (Å²) in [5, 5.41) is 31.9. The molecule has 6 aromatic rings. The van der Waals surface area contributed by atoms with Crippen LogP contribution in [0.3, 0.4) is 0 Å². The number of nitrogens with two attached hydrogens (primary N) is 4. The first-order valence-electron chi connectivity index (χ1n) is 26.1. The zero-order valence-corrected chi connectivity index (χ0v) is 45.9. The number of benzene rings is 4. The maximum Gasteiger partial charge on any atom is 0.244 e. The number of carbonyl (C=O) groups excluding carboxylic acids is 8. The molecule has 0 spiro atoms. The molecule has 1 aliphatic heterocycles. The zero-order chi connectivity index (χ0) is 58.0. The number of imidazole rings is 1. The van der Waals surface area contributed by atoms with E-state index in [0.29, 0.717) is 16.8 Å². The van der Waals surface area contributed by atoms with Gasteiger partial charge in [-0.2, -0.15) is 0 Å². The Kier molecular flexibility index (Phi) is 21.6. The van der Waals surface area contributed by atoms with Crippen molar-refractivity contribution in [2.24, 2.45) is 27.9 Å². The van der Waals surface area contributed by atoms with Crippen LogP contribution in [-0.4, -0.2) is 146 Å². The molecule has 18 N–H and O–H groups in total. The van der Waals surface area contributed by atoms with Gasteiger partial charge in [-0.25, -0.2) is 4.98 Å². The fourth-order valence-corrected chi connectivity index (χ4v) is 11.4. The molecule has 4 aromatic carbocycles. The van der Waals surface area contributed by atoms with E-state index in [2.05, 4.69) is 57.2 Å². The Morgan fingerprint density at radius 2 is 1.31 bits per heavy atom. The van der Waals surface area contributed by atoms with Gasteiger partial charge in [0.2, 0.25) is 47.3 Å². The average Bonchev–Trinajstić information content (AvgIpc) is 4.13. The van der Waals surface area contributed by atoms with E-state index in [1.54, 1.807) is 48.7 Å². The van der Waals surface area contributed by atoms with Crippen molar-refractivity contribution in [3.63, 3.8) is 0 Å². The third-order valence-corrected chi connectivity index (χ3v) is 15.8. The highest BCUT2D eigenvalue weighted by molar-refractivity contribution is 8.76. The standard InChI is InChI=1S/C55H67N15O9S2/c1-30(71)46(47(57)72)70-54(79)45-28-81-80-27-44(68-48(73)38(56)21-31-11-3-2-4-12-31)53(78)67-43(24-35-26-60-29-63-35)52(77)66-41(22-33-15-9-14-32-13-5-6-16-36(32)33)50(75)64-40(19-10-20-61-55(58)59)49(74)65-42(51(76)69-45)23-34-25-62-39-18-8-7-17-37(34)39/h2-9,11-18,25-26,29-30,38,40-46,62,71H,10,19-24,27-28,56H2,1H3,(H2,57,72)(H,60,63)(H,64,75)(H,65,74)(H,66,77)(H,67,78)(H,68,73)(H,69,76)(H,70,79)(H4,58,59,61)/t30-,38-,40+,41+,42-,43+,44+,45+,46+/m1/s1. The Hall–Kier alpha value is -8.46. The number of hydrogen-bond donors (Lipinski definition) is 14. The number of H-pyrrole nitrogens is 2. The second-order valence-electron chi connectivity index (χ2n) is 19.5. The molecule has 1 saturated heterocycles. The van der Waals surface area contributed by atoms with Crippen LogP contribution >= 0.6 is 21.6 Å². The van der Waals surface area contributed by atoms with E-state index in [9.17, 15) is 38.7 Å². The van der Waals surface area contributed by atoms with E-state index in [4.69, 9.17) is 22.9 Å². The third-order valence-electron chi connectivity index (χ3n) is 13.4. The van der Waals surface area contributed by atoms with Crippen molar-refractivity contribution in [2.75, 3.05) is 18.1 Å². The van der Waals surface area contributed by atoms with Crippen LogP contribution in [0, 0.1) is 0 Å². The lowest BCUT2D eigenvalue weighted by atomic mass is 9.97. The van der Waals surface area contributed by atoms with Crippen LogP contribution in [0.5, 0.6) is 0 Å². The number of para-hydroxylation sites is 1. The van der Waals surface area contributed by atoms with E-state index < -0.39 is 102 Å². The van der Waals surface area contributed by atoms with E-state index in [-0.39, 0.29) is 62.5 Å². The summed E-state index contributed by atoms with van der Waals surface area (Å²) in [7, 11) is 2.01. The Morgan fingerprint density at radius 3 is 2.00 bits per heavy atom. The zero-order valence-electron chi connectivity index (χ0n) is 44.3. The van der Waals surface area contributed by atoms with Crippen LogP contribution in [0.1, 0.15) is 42.1 Å². The maximum atomic E-state index is 15.1. The first-order valence-corrected chi connectivity index (χ1v) is 28.6. The number of nitrogens with one attached hydrogen (secondary N) is 9. The summed E-state index contributed by atoms with van der Waals surface area (Å²) in [6.07, 6.45) is 2.81. The molecular formula is C55H67N15O9S2. The SMILES string of the molecule is C[C@@H](O)[C@H](NC(=O)[C@@H]1CSSC[C@H](NC(=O)[C@H](N)Cc2ccccc2)C(=O)N[C@@H](Cc2cnc[nH]2)C(=O)N[C@@H](Cc2cccc3ccccc23)C(=O)N[C@@H](CCCN=C(N)N)C(=O)N[C@H](Cc2c[nH]c3ccccc23)C(=O)N1)C(N)=O. The van der Waals surface area contributed by atoms with Gasteiger partial charge in [0, 0.05) is 66.3 Å². The van der Waals surface area contributed by atoms with Crippen molar-refractivity contribution in [1.82, 2.24) is 52.2 Å². The van der Waals surface area contributed by atoms with Crippen LogP contribution in [-0.2, 0) is 64.0 Å². The number of aliphatic imine (C=N–C) groups is 1. The van der Waals surface area contributed by atoms with Gasteiger partial charge in [-0.3, -0.25) is 43.3 Å². The molecule has 1 fully saturated rings. The second-order valence-corrected chi connectivity index (χ2v) is 22.0. The lowest BCUT2D eigenvalue weighted by Crippen LogP contribution is -2.61. The molecule has 0 radical (unpaired) electrons. The van der Waals surface area contributed by atoms with Gasteiger partial charge in [-0.05, 0) is 59.7 Å². The summed E-state index contributed by atoms with van der Waals surface area (Å²) in [5.74, 6) is -7.53. The summed E-state index contributed by atoms with van der Waals surface area (Å²) in [4.78, 5) is 129. The first-order chi connectivity index (χ1) is 38.9. The largest absolute Gasteiger partial charge is 0.391 e. The fraction of sp³-hybridized carbons (Fsp3) is 0.345. The normalized spacial score (nSPS) is 21.0. The smallest absolute Gasteiger partial charge is 0.244 e. The van der Waals surface area contributed by atoms with Crippen molar-refractivity contribution in [1.29, 1.82) is 0 Å². The van der Waals surface area contributed by atoms with E-state index >= 15 is 4.79 Å². The number of primary amides is 1. The Bertz CT molecular complexity index is 3190. The van der Waals surface area contributed by atoms with Crippen LogP contribution in [0.2, 0.25) is 0 Å². The van der Waals surface area contributed by atoms with Crippen LogP contribution in [0.4, 0.5) is 0 Å². The Morgan fingerprint density at radius 1 is 0.704 bits per heavy atom. The molecule has 0 aliphatic carbocycles. The number of carbonyl (C=O) groups is 8. The molecule has 0 saturated carbocycles. The fourth-order valence-electron chi connectivity index (χ4n) is 9.11. The third kappa shape index (κ3) is 17.3. The Balaban J connectivity index is 1.31. The molecule has 81 heavy (non-hydrogen) atoms. The van der Waals surface area contributed by atoms with E-state index in [1.165, 1.54) is 19.4 Å². The molecule has 8 amide bonds. The molecule has 0 unspecified atom stereocenters. The second kappa shape index (κ2) is 29.1. The molecule has 9 atom stereocenters. The average molecular weight is 1150 g/mol. The van der Waals surface area contributed by atoms with Crippen LogP contribution in [0.15, 0.2) is 121 Å². The number of nitrogens with zero attached hydrogens (tertiary/aromatic N) is 2. The van der Waals surface area contributed by atoms with Crippen molar-refractivity contribution >= 4 is 96.5 Å². The number of rotatable bonds is 18. The summed E-state index contributed by atoms with van der Waals surface area (Å²) < 4.78 is 0. The lowest BCUT2D eigenvalue weighted by molar-refractivity contribution is -0.135. The molecule has 428 valence electrons. The predicted molar refractivity (Wildman–Crippen MR) is 309 cm³/mol. The molecule has 2 aromatic heterocycles. The van der Waals surface area contributed by atoms with E-state index in [0.717, 1.165) is 48.8 Å². The lowest BCUT2D eigenvalue weighted by Gasteiger charge is -2.29. The predicted octanol–water partition coefficient (Wildman–Crippen LogP) is -0.650. The molecule has 7 rings (SSSR count). The quantitative estimate of drug-likeness (QED) is 0.0220.